The first-order valence-electron chi connectivity index (χ1n) is 5.54. The van der Waals surface area contributed by atoms with E-state index >= 15 is 0 Å². The summed E-state index contributed by atoms with van der Waals surface area (Å²) >= 11 is 0. The number of benzene rings is 1. The van der Waals surface area contributed by atoms with Gasteiger partial charge in [-0.1, -0.05) is 13.8 Å². The molecule has 5 heteroatoms. The third-order valence-corrected chi connectivity index (χ3v) is 2.84. The lowest BCUT2D eigenvalue weighted by atomic mass is 9.96. The average Bonchev–Trinajstić information content (AvgIpc) is 2.29. The summed E-state index contributed by atoms with van der Waals surface area (Å²) in [5.74, 6) is -3.34. The van der Waals surface area contributed by atoms with Crippen LogP contribution in [0.4, 0.5) is 18.9 Å². The number of nitrogens with two attached hydrogens (primary N) is 1. The van der Waals surface area contributed by atoms with Crippen molar-refractivity contribution in [2.75, 3.05) is 18.4 Å². The van der Waals surface area contributed by atoms with Gasteiger partial charge >= 0.3 is 0 Å². The van der Waals surface area contributed by atoms with Crippen LogP contribution < -0.4 is 11.1 Å². The van der Waals surface area contributed by atoms with Crippen molar-refractivity contribution in [1.82, 2.24) is 0 Å². The normalized spacial score (nSPS) is 12.9. The minimum absolute atomic E-state index is 0.0389. The highest BCUT2D eigenvalue weighted by Crippen LogP contribution is 2.20. The molecule has 1 unspecified atom stereocenters. The Kier molecular flexibility index (Phi) is 4.81. The summed E-state index contributed by atoms with van der Waals surface area (Å²) in [6.45, 7) is 4.88. The molecule has 0 heterocycles. The number of hydrogen-bond donors (Lipinski definition) is 2. The van der Waals surface area contributed by atoms with E-state index in [-0.39, 0.29) is 11.6 Å². The molecule has 0 fully saturated rings. The maximum Gasteiger partial charge on any atom is 0.196 e. The molecule has 1 atom stereocenters. The van der Waals surface area contributed by atoms with E-state index in [1.165, 1.54) is 6.07 Å². The third-order valence-electron chi connectivity index (χ3n) is 2.84. The fourth-order valence-electron chi connectivity index (χ4n) is 1.49. The van der Waals surface area contributed by atoms with E-state index in [1.807, 2.05) is 13.8 Å². The van der Waals surface area contributed by atoms with Crippen LogP contribution in [0.5, 0.6) is 0 Å². The molecule has 0 spiro atoms. The lowest BCUT2D eigenvalue weighted by Crippen LogP contribution is -2.27. The summed E-state index contributed by atoms with van der Waals surface area (Å²) in [5.41, 5.74) is 5.52. The molecule has 0 saturated carbocycles. The molecule has 0 aromatic heterocycles. The van der Waals surface area contributed by atoms with E-state index < -0.39 is 17.5 Å². The highest BCUT2D eigenvalue weighted by atomic mass is 19.2. The van der Waals surface area contributed by atoms with E-state index in [2.05, 4.69) is 5.32 Å². The van der Waals surface area contributed by atoms with Gasteiger partial charge in [0, 0.05) is 6.54 Å². The number of halogens is 3. The van der Waals surface area contributed by atoms with Crippen LogP contribution in [0, 0.1) is 29.3 Å². The summed E-state index contributed by atoms with van der Waals surface area (Å²) < 4.78 is 38.9. The molecule has 0 saturated heterocycles. The van der Waals surface area contributed by atoms with Crippen LogP contribution in [0.2, 0.25) is 0 Å². The van der Waals surface area contributed by atoms with E-state index in [4.69, 9.17) is 5.73 Å². The average molecular weight is 246 g/mol. The summed E-state index contributed by atoms with van der Waals surface area (Å²) in [7, 11) is 0. The molecular weight excluding hydrogens is 229 g/mol. The summed E-state index contributed by atoms with van der Waals surface area (Å²) in [6, 6.07) is 2.08. The molecule has 0 aliphatic rings. The van der Waals surface area contributed by atoms with Gasteiger partial charge in [-0.05, 0) is 30.5 Å². The molecule has 0 radical (unpaired) electrons. The zero-order chi connectivity index (χ0) is 13.0. The molecule has 3 N–H and O–H groups in total. The SMILES string of the molecule is CC(C)C(CN)CNc1ccc(F)c(F)c1F. The summed E-state index contributed by atoms with van der Waals surface area (Å²) in [6.07, 6.45) is 0. The van der Waals surface area contributed by atoms with E-state index in [0.717, 1.165) is 6.07 Å². The van der Waals surface area contributed by atoms with Crippen LogP contribution in [0.15, 0.2) is 12.1 Å². The summed E-state index contributed by atoms with van der Waals surface area (Å²) in [5, 5.41) is 2.75. The molecule has 0 bridgehead atoms. The molecule has 1 aromatic carbocycles. The molecule has 0 aliphatic heterocycles. The van der Waals surface area contributed by atoms with Gasteiger partial charge in [-0.3, -0.25) is 0 Å². The minimum atomic E-state index is -1.45. The Balaban J connectivity index is 2.73. The van der Waals surface area contributed by atoms with Gasteiger partial charge in [0.15, 0.2) is 17.5 Å². The molecule has 96 valence electrons. The number of hydrogen-bond acceptors (Lipinski definition) is 2. The largest absolute Gasteiger partial charge is 0.382 e. The molecule has 17 heavy (non-hydrogen) atoms. The van der Waals surface area contributed by atoms with Crippen LogP contribution in [0.1, 0.15) is 13.8 Å². The zero-order valence-electron chi connectivity index (χ0n) is 9.93. The second-order valence-electron chi connectivity index (χ2n) is 4.34. The molecule has 0 amide bonds. The Morgan fingerprint density at radius 3 is 2.35 bits per heavy atom. The molecular formula is C12H17F3N2. The predicted molar refractivity (Wildman–Crippen MR) is 62.2 cm³/mol. The highest BCUT2D eigenvalue weighted by Gasteiger charge is 2.15. The van der Waals surface area contributed by atoms with Gasteiger partial charge in [0.2, 0.25) is 0 Å². The van der Waals surface area contributed by atoms with Crippen molar-refractivity contribution in [1.29, 1.82) is 0 Å². The standard InChI is InChI=1S/C12H17F3N2/c1-7(2)8(5-16)6-17-10-4-3-9(13)11(14)12(10)15/h3-4,7-8,17H,5-6,16H2,1-2H3. The quantitative estimate of drug-likeness (QED) is 0.784. The van der Waals surface area contributed by atoms with Gasteiger partial charge in [0.25, 0.3) is 0 Å². The fourth-order valence-corrected chi connectivity index (χ4v) is 1.49. The Bertz CT molecular complexity index is 380. The smallest absolute Gasteiger partial charge is 0.196 e. The van der Waals surface area contributed by atoms with Crippen LogP contribution in [-0.4, -0.2) is 13.1 Å². The fraction of sp³-hybridized carbons (Fsp3) is 0.500. The van der Waals surface area contributed by atoms with Crippen molar-refractivity contribution in [3.8, 4) is 0 Å². The van der Waals surface area contributed by atoms with Gasteiger partial charge in [0.1, 0.15) is 0 Å². The van der Waals surface area contributed by atoms with Crippen LogP contribution in [-0.2, 0) is 0 Å². The van der Waals surface area contributed by atoms with Crippen LogP contribution in [0.25, 0.3) is 0 Å². The van der Waals surface area contributed by atoms with Crippen molar-refractivity contribution in [3.05, 3.63) is 29.6 Å². The molecule has 1 aromatic rings. The van der Waals surface area contributed by atoms with Crippen molar-refractivity contribution in [2.45, 2.75) is 13.8 Å². The number of rotatable bonds is 5. The first-order chi connectivity index (χ1) is 7.97. The topological polar surface area (TPSA) is 38.0 Å². The van der Waals surface area contributed by atoms with Crippen molar-refractivity contribution >= 4 is 5.69 Å². The van der Waals surface area contributed by atoms with Gasteiger partial charge in [-0.25, -0.2) is 13.2 Å². The second-order valence-corrected chi connectivity index (χ2v) is 4.34. The Hall–Kier alpha value is -1.23. The maximum absolute atomic E-state index is 13.3. The second kappa shape index (κ2) is 5.91. The number of anilines is 1. The van der Waals surface area contributed by atoms with E-state index in [0.29, 0.717) is 19.0 Å². The lowest BCUT2D eigenvalue weighted by molar-refractivity contribution is 0.411. The van der Waals surface area contributed by atoms with Crippen LogP contribution in [0.3, 0.4) is 0 Å². The third kappa shape index (κ3) is 3.36. The minimum Gasteiger partial charge on any atom is -0.382 e. The van der Waals surface area contributed by atoms with E-state index in [1.54, 1.807) is 0 Å². The van der Waals surface area contributed by atoms with Crippen molar-refractivity contribution in [2.24, 2.45) is 17.6 Å². The molecule has 0 aliphatic carbocycles. The lowest BCUT2D eigenvalue weighted by Gasteiger charge is -2.20. The summed E-state index contributed by atoms with van der Waals surface area (Å²) in [4.78, 5) is 0. The Morgan fingerprint density at radius 1 is 1.18 bits per heavy atom. The zero-order valence-corrected chi connectivity index (χ0v) is 9.93. The Morgan fingerprint density at radius 2 is 1.82 bits per heavy atom. The van der Waals surface area contributed by atoms with Crippen molar-refractivity contribution in [3.63, 3.8) is 0 Å². The number of nitrogens with one attached hydrogen (secondary N) is 1. The van der Waals surface area contributed by atoms with Gasteiger partial charge in [-0.2, -0.15) is 0 Å². The van der Waals surface area contributed by atoms with Gasteiger partial charge < -0.3 is 11.1 Å². The highest BCUT2D eigenvalue weighted by molar-refractivity contribution is 5.45. The van der Waals surface area contributed by atoms with E-state index in [9.17, 15) is 13.2 Å². The Labute approximate surface area is 99.0 Å². The first kappa shape index (κ1) is 13.8. The van der Waals surface area contributed by atoms with Crippen molar-refractivity contribution < 1.29 is 13.2 Å². The molecule has 1 rings (SSSR count). The molecule has 2 nitrogen and oxygen atoms in total. The van der Waals surface area contributed by atoms with Gasteiger partial charge in [-0.15, -0.1) is 0 Å². The monoisotopic (exact) mass is 246 g/mol. The van der Waals surface area contributed by atoms with Crippen LogP contribution >= 0.6 is 0 Å². The predicted octanol–water partition coefficient (Wildman–Crippen LogP) is 2.75. The first-order valence-corrected chi connectivity index (χ1v) is 5.54. The van der Waals surface area contributed by atoms with Gasteiger partial charge in [0.05, 0.1) is 5.69 Å². The maximum atomic E-state index is 13.3.